The van der Waals surface area contributed by atoms with E-state index >= 15 is 0 Å². The number of nitrogens with zero attached hydrogens (tertiary/aromatic N) is 2. The van der Waals surface area contributed by atoms with Gasteiger partial charge in [0.25, 0.3) is 5.91 Å². The van der Waals surface area contributed by atoms with Crippen LogP contribution < -0.4 is 26.0 Å². The standard InChI is InChI=1S/C42H56N6O9/c1-4-13-31(38(51)40(53)43-25-35(50)46-36(41(54)47(2)3)28-15-7-5-8-16-28)44-39(52)32-24-30-26-48(32)42(55)37(29-17-9-6-10-18-29)45-34(49)21-20-27-14-11-12-19-33(27)57-23-22-56-30/h5,7-8,11-12,14-16,19,29-32,36-37H,4,6,9-10,13,17-18,20-26H2,1-3H3,(H,43,53)(H,44,52)(H,45,49)(H,46,50)/t30-,31?,32+,36+,37+/m1/s1. The van der Waals surface area contributed by atoms with Crippen LogP contribution in [0.4, 0.5) is 0 Å². The van der Waals surface area contributed by atoms with Crippen LogP contribution in [0.2, 0.25) is 0 Å². The molecule has 1 aliphatic carbocycles. The van der Waals surface area contributed by atoms with Crippen LogP contribution in [-0.2, 0) is 44.7 Å². The van der Waals surface area contributed by atoms with E-state index < -0.39 is 60.3 Å². The Labute approximate surface area is 333 Å². The van der Waals surface area contributed by atoms with Gasteiger partial charge in [-0.1, -0.05) is 81.1 Å². The maximum absolute atomic E-state index is 14.5. The molecule has 2 aromatic carbocycles. The minimum Gasteiger partial charge on any atom is -0.491 e. The molecule has 2 aromatic rings. The minimum absolute atomic E-state index is 0.0921. The van der Waals surface area contributed by atoms with Crippen molar-refractivity contribution in [2.24, 2.45) is 5.92 Å². The van der Waals surface area contributed by atoms with Gasteiger partial charge in [0.2, 0.25) is 35.3 Å². The van der Waals surface area contributed by atoms with Crippen LogP contribution in [0.3, 0.4) is 0 Å². The van der Waals surface area contributed by atoms with E-state index in [2.05, 4.69) is 21.3 Å². The molecule has 15 heteroatoms. The molecule has 4 N–H and O–H groups in total. The molecule has 2 bridgehead atoms. The number of hydrogen-bond donors (Lipinski definition) is 4. The maximum Gasteiger partial charge on any atom is 0.290 e. The van der Waals surface area contributed by atoms with Crippen LogP contribution in [-0.4, -0.2) is 116 Å². The summed E-state index contributed by atoms with van der Waals surface area (Å²) in [6.07, 6.45) is 5.15. The molecule has 308 valence electrons. The van der Waals surface area contributed by atoms with E-state index in [9.17, 15) is 33.6 Å². The third-order valence-electron chi connectivity index (χ3n) is 10.8. The quantitative estimate of drug-likeness (QED) is 0.233. The Balaban J connectivity index is 1.28. The van der Waals surface area contributed by atoms with Crippen molar-refractivity contribution in [3.8, 4) is 5.75 Å². The number of likely N-dealkylation sites (N-methyl/N-ethyl adjacent to an activating group) is 1. The Bertz CT molecular complexity index is 1750. The number of nitrogens with one attached hydrogen (secondary N) is 4. The fourth-order valence-electron chi connectivity index (χ4n) is 7.78. The molecule has 3 aliphatic rings. The summed E-state index contributed by atoms with van der Waals surface area (Å²) in [6, 6.07) is 12.0. The number of para-hydroxylation sites is 1. The third kappa shape index (κ3) is 11.6. The second-order valence-corrected chi connectivity index (χ2v) is 15.2. The fourth-order valence-corrected chi connectivity index (χ4v) is 7.78. The lowest BCUT2D eigenvalue weighted by Gasteiger charge is -2.35. The molecule has 6 amide bonds. The number of ketones is 1. The number of rotatable bonds is 12. The van der Waals surface area contributed by atoms with E-state index in [1.54, 1.807) is 51.4 Å². The number of amides is 6. The fraction of sp³-hybridized carbons (Fsp3) is 0.548. The number of benzene rings is 2. The van der Waals surface area contributed by atoms with Crippen LogP contribution in [0.5, 0.6) is 5.75 Å². The number of hydrogen-bond acceptors (Lipinski definition) is 9. The predicted molar refractivity (Wildman–Crippen MR) is 209 cm³/mol. The van der Waals surface area contributed by atoms with Gasteiger partial charge < -0.3 is 40.5 Å². The average Bonchev–Trinajstić information content (AvgIpc) is 3.66. The first-order valence-corrected chi connectivity index (χ1v) is 20.1. The Kier molecular flexibility index (Phi) is 15.6. The van der Waals surface area contributed by atoms with Crippen molar-refractivity contribution >= 4 is 41.2 Å². The second kappa shape index (κ2) is 20.7. The summed E-state index contributed by atoms with van der Waals surface area (Å²) in [5, 5.41) is 10.7. The molecule has 1 unspecified atom stereocenters. The molecule has 0 spiro atoms. The van der Waals surface area contributed by atoms with E-state index in [4.69, 9.17) is 9.47 Å². The van der Waals surface area contributed by atoms with Crippen molar-refractivity contribution in [2.75, 3.05) is 40.4 Å². The molecule has 0 radical (unpaired) electrons. The number of fused-ring (bicyclic) bond motifs is 3. The van der Waals surface area contributed by atoms with Gasteiger partial charge in [0.05, 0.1) is 25.3 Å². The number of ether oxygens (including phenoxy) is 2. The normalized spacial score (nSPS) is 21.6. The van der Waals surface area contributed by atoms with Gasteiger partial charge >= 0.3 is 0 Å². The van der Waals surface area contributed by atoms with Gasteiger partial charge in [-0.2, -0.15) is 0 Å². The molecule has 15 nitrogen and oxygen atoms in total. The van der Waals surface area contributed by atoms with Crippen LogP contribution in [0.1, 0.15) is 81.9 Å². The molecule has 1 saturated heterocycles. The predicted octanol–water partition coefficient (Wildman–Crippen LogP) is 1.98. The topological polar surface area (TPSA) is 193 Å². The van der Waals surface area contributed by atoms with E-state index in [0.717, 1.165) is 37.7 Å². The molecule has 2 heterocycles. The van der Waals surface area contributed by atoms with Gasteiger partial charge in [-0.25, -0.2) is 0 Å². The molecular formula is C42H56N6O9. The van der Waals surface area contributed by atoms with Crippen molar-refractivity contribution < 1.29 is 43.0 Å². The Hall–Kier alpha value is -5.31. The lowest BCUT2D eigenvalue weighted by atomic mass is 9.83. The molecule has 5 atom stereocenters. The summed E-state index contributed by atoms with van der Waals surface area (Å²) in [6.45, 7) is 1.71. The van der Waals surface area contributed by atoms with Gasteiger partial charge in [0.1, 0.15) is 30.5 Å². The number of Topliss-reactive ketones (excluding diaryl/α,β-unsaturated/α-hetero) is 1. The summed E-state index contributed by atoms with van der Waals surface area (Å²) >= 11 is 0. The SMILES string of the molecule is CCCC(NC(=O)[C@@H]1C[C@@H]2CN1C(=O)[C@H](C1CCCCC1)NC(=O)CCc1ccccc1OCCO2)C(=O)C(=O)NCC(=O)N[C@H](C(=O)N(C)C)c1ccccc1. The lowest BCUT2D eigenvalue weighted by molar-refractivity contribution is -0.144. The Morgan fingerprint density at radius 1 is 0.912 bits per heavy atom. The summed E-state index contributed by atoms with van der Waals surface area (Å²) in [5.74, 6) is -3.84. The smallest absolute Gasteiger partial charge is 0.290 e. The second-order valence-electron chi connectivity index (χ2n) is 15.2. The molecule has 2 aliphatic heterocycles. The van der Waals surface area contributed by atoms with Gasteiger partial charge in [0.15, 0.2) is 0 Å². The minimum atomic E-state index is -1.24. The van der Waals surface area contributed by atoms with E-state index in [-0.39, 0.29) is 62.7 Å². The third-order valence-corrected chi connectivity index (χ3v) is 10.8. The van der Waals surface area contributed by atoms with Crippen molar-refractivity contribution in [3.63, 3.8) is 0 Å². The highest BCUT2D eigenvalue weighted by atomic mass is 16.5. The zero-order valence-corrected chi connectivity index (χ0v) is 33.1. The van der Waals surface area contributed by atoms with Gasteiger partial charge in [-0.05, 0) is 48.8 Å². The number of carbonyl (C=O) groups excluding carboxylic acids is 7. The first kappa shape index (κ1) is 42.8. The molecule has 57 heavy (non-hydrogen) atoms. The van der Waals surface area contributed by atoms with E-state index in [1.165, 1.54) is 9.80 Å². The largest absolute Gasteiger partial charge is 0.491 e. The highest BCUT2D eigenvalue weighted by molar-refractivity contribution is 6.38. The van der Waals surface area contributed by atoms with E-state index in [0.29, 0.717) is 24.2 Å². The lowest BCUT2D eigenvalue weighted by Crippen LogP contribution is -2.58. The molecule has 1 saturated carbocycles. The summed E-state index contributed by atoms with van der Waals surface area (Å²) in [7, 11) is 3.12. The zero-order chi connectivity index (χ0) is 40.9. The molecular weight excluding hydrogens is 732 g/mol. The molecule has 0 aromatic heterocycles. The first-order chi connectivity index (χ1) is 27.5. The highest BCUT2D eigenvalue weighted by Crippen LogP contribution is 2.31. The van der Waals surface area contributed by atoms with Gasteiger partial charge in [-0.15, -0.1) is 0 Å². The first-order valence-electron chi connectivity index (χ1n) is 20.1. The molecule has 5 rings (SSSR count). The van der Waals surface area contributed by atoms with Gasteiger partial charge in [0, 0.05) is 33.5 Å². The summed E-state index contributed by atoms with van der Waals surface area (Å²) in [4.78, 5) is 97.2. The number of aryl methyl sites for hydroxylation is 1. The average molecular weight is 789 g/mol. The summed E-state index contributed by atoms with van der Waals surface area (Å²) < 4.78 is 12.2. The van der Waals surface area contributed by atoms with Crippen molar-refractivity contribution in [3.05, 3.63) is 65.7 Å². The van der Waals surface area contributed by atoms with Gasteiger partial charge in [-0.3, -0.25) is 33.6 Å². The highest BCUT2D eigenvalue weighted by Gasteiger charge is 2.45. The zero-order valence-electron chi connectivity index (χ0n) is 33.1. The van der Waals surface area contributed by atoms with Crippen molar-refractivity contribution in [1.29, 1.82) is 0 Å². The summed E-state index contributed by atoms with van der Waals surface area (Å²) in [5.41, 5.74) is 1.43. The van der Waals surface area contributed by atoms with Crippen molar-refractivity contribution in [2.45, 2.75) is 101 Å². The van der Waals surface area contributed by atoms with Crippen LogP contribution in [0.25, 0.3) is 0 Å². The Morgan fingerprint density at radius 3 is 2.35 bits per heavy atom. The molecule has 2 fully saturated rings. The van der Waals surface area contributed by atoms with Crippen LogP contribution in [0, 0.1) is 5.92 Å². The van der Waals surface area contributed by atoms with Crippen LogP contribution >= 0.6 is 0 Å². The maximum atomic E-state index is 14.5. The number of carbonyl (C=O) groups is 7. The van der Waals surface area contributed by atoms with Crippen molar-refractivity contribution in [1.82, 2.24) is 31.1 Å². The Morgan fingerprint density at radius 2 is 1.63 bits per heavy atom. The van der Waals surface area contributed by atoms with Crippen LogP contribution in [0.15, 0.2) is 54.6 Å². The van der Waals surface area contributed by atoms with E-state index in [1.807, 2.05) is 24.3 Å². The monoisotopic (exact) mass is 788 g/mol.